The zero-order chi connectivity index (χ0) is 14.3. The third-order valence-electron chi connectivity index (χ3n) is 4.15. The van der Waals surface area contributed by atoms with Crippen LogP contribution in [-0.2, 0) is 13.1 Å². The van der Waals surface area contributed by atoms with Gasteiger partial charge in [-0.2, -0.15) is 0 Å². The summed E-state index contributed by atoms with van der Waals surface area (Å²) >= 11 is 0. The molecule has 110 valence electrons. The minimum absolute atomic E-state index is 0.881. The average molecular weight is 280 g/mol. The van der Waals surface area contributed by atoms with E-state index in [2.05, 4.69) is 64.8 Å². The Morgan fingerprint density at radius 2 is 1.48 bits per heavy atom. The highest BCUT2D eigenvalue weighted by Gasteiger charge is 2.09. The predicted molar refractivity (Wildman–Crippen MR) is 89.3 cm³/mol. The predicted octanol–water partition coefficient (Wildman–Crippen LogP) is 4.28. The van der Waals surface area contributed by atoms with Gasteiger partial charge in [0.15, 0.2) is 0 Å². The van der Waals surface area contributed by atoms with Gasteiger partial charge in [0.05, 0.1) is 0 Å². The second-order valence-electron chi connectivity index (χ2n) is 5.87. The van der Waals surface area contributed by atoms with Crippen LogP contribution >= 0.6 is 0 Å². The number of likely N-dealkylation sites (tertiary alicyclic amines) is 1. The summed E-state index contributed by atoms with van der Waals surface area (Å²) in [7, 11) is 0. The smallest absolute Gasteiger partial charge is 0.0400 e. The molecule has 0 atom stereocenters. The van der Waals surface area contributed by atoms with Gasteiger partial charge in [-0.05, 0) is 49.2 Å². The number of nitrogens with one attached hydrogen (secondary N) is 1. The van der Waals surface area contributed by atoms with E-state index in [0.29, 0.717) is 0 Å². The maximum atomic E-state index is 3.48. The molecule has 1 heterocycles. The molecule has 2 aromatic carbocycles. The molecule has 0 radical (unpaired) electrons. The maximum absolute atomic E-state index is 3.48. The molecule has 2 nitrogen and oxygen atoms in total. The van der Waals surface area contributed by atoms with Crippen LogP contribution in [0.3, 0.4) is 0 Å². The Labute approximate surface area is 127 Å². The summed E-state index contributed by atoms with van der Waals surface area (Å²) in [6.07, 6.45) is 4.12. The van der Waals surface area contributed by atoms with Crippen LogP contribution in [0.15, 0.2) is 54.6 Å². The van der Waals surface area contributed by atoms with Crippen molar-refractivity contribution < 1.29 is 0 Å². The normalized spacial score (nSPS) is 15.8. The standard InChI is InChI=1S/C19H24N2/c1-3-7-17(8-4-1)15-20-19-11-9-18(10-12-19)16-21-13-5-2-6-14-21/h1,3-4,7-12,20H,2,5-6,13-16H2. The maximum Gasteiger partial charge on any atom is 0.0400 e. The minimum Gasteiger partial charge on any atom is -0.381 e. The summed E-state index contributed by atoms with van der Waals surface area (Å²) in [6.45, 7) is 4.49. The molecular weight excluding hydrogens is 256 g/mol. The first-order chi connectivity index (χ1) is 10.4. The SMILES string of the molecule is c1ccc(CNc2ccc(CN3CCCCC3)cc2)cc1. The molecule has 1 aliphatic rings. The van der Waals surface area contributed by atoms with Gasteiger partial charge in [-0.15, -0.1) is 0 Å². The van der Waals surface area contributed by atoms with E-state index >= 15 is 0 Å². The highest BCUT2D eigenvalue weighted by atomic mass is 15.1. The van der Waals surface area contributed by atoms with E-state index in [1.54, 1.807) is 0 Å². The second kappa shape index (κ2) is 7.28. The van der Waals surface area contributed by atoms with E-state index in [0.717, 1.165) is 13.1 Å². The van der Waals surface area contributed by atoms with Crippen molar-refractivity contribution in [3.8, 4) is 0 Å². The summed E-state index contributed by atoms with van der Waals surface area (Å²) in [5.74, 6) is 0. The van der Waals surface area contributed by atoms with Crippen molar-refractivity contribution in [1.82, 2.24) is 4.90 Å². The molecule has 0 amide bonds. The Kier molecular flexibility index (Phi) is 4.90. The molecule has 21 heavy (non-hydrogen) atoms. The third-order valence-corrected chi connectivity index (χ3v) is 4.15. The van der Waals surface area contributed by atoms with Crippen molar-refractivity contribution in [1.29, 1.82) is 0 Å². The van der Waals surface area contributed by atoms with Gasteiger partial charge >= 0.3 is 0 Å². The Bertz CT molecular complexity index is 527. The van der Waals surface area contributed by atoms with Crippen molar-refractivity contribution in [2.45, 2.75) is 32.4 Å². The van der Waals surface area contributed by atoms with Gasteiger partial charge in [0.25, 0.3) is 0 Å². The second-order valence-corrected chi connectivity index (χ2v) is 5.87. The Hall–Kier alpha value is -1.80. The van der Waals surface area contributed by atoms with Gasteiger partial charge in [-0.1, -0.05) is 48.9 Å². The largest absolute Gasteiger partial charge is 0.381 e. The molecule has 1 fully saturated rings. The van der Waals surface area contributed by atoms with Crippen LogP contribution in [0.1, 0.15) is 30.4 Å². The van der Waals surface area contributed by atoms with Crippen molar-refractivity contribution in [2.75, 3.05) is 18.4 Å². The van der Waals surface area contributed by atoms with Gasteiger partial charge in [-0.3, -0.25) is 4.90 Å². The molecule has 0 aliphatic carbocycles. The van der Waals surface area contributed by atoms with E-state index in [1.165, 1.54) is 49.2 Å². The monoisotopic (exact) mass is 280 g/mol. The number of piperidine rings is 1. The van der Waals surface area contributed by atoms with E-state index in [1.807, 2.05) is 0 Å². The molecule has 0 unspecified atom stereocenters. The Balaban J connectivity index is 1.51. The fourth-order valence-corrected chi connectivity index (χ4v) is 2.90. The van der Waals surface area contributed by atoms with Crippen LogP contribution in [0.25, 0.3) is 0 Å². The third kappa shape index (κ3) is 4.33. The number of nitrogens with zero attached hydrogens (tertiary/aromatic N) is 1. The molecule has 0 saturated carbocycles. The molecule has 0 aromatic heterocycles. The zero-order valence-electron chi connectivity index (χ0n) is 12.6. The van der Waals surface area contributed by atoms with Gasteiger partial charge in [-0.25, -0.2) is 0 Å². The summed E-state index contributed by atoms with van der Waals surface area (Å²) in [5.41, 5.74) is 3.93. The lowest BCUT2D eigenvalue weighted by Crippen LogP contribution is -2.29. The summed E-state index contributed by atoms with van der Waals surface area (Å²) in [5, 5.41) is 3.48. The first-order valence-corrected chi connectivity index (χ1v) is 7.99. The topological polar surface area (TPSA) is 15.3 Å². The molecule has 2 heteroatoms. The molecule has 3 rings (SSSR count). The van der Waals surface area contributed by atoms with Gasteiger partial charge in [0.1, 0.15) is 0 Å². The molecule has 0 bridgehead atoms. The number of rotatable bonds is 5. The van der Waals surface area contributed by atoms with Gasteiger partial charge < -0.3 is 5.32 Å². The summed E-state index contributed by atoms with van der Waals surface area (Å²) in [4.78, 5) is 2.57. The van der Waals surface area contributed by atoms with Crippen LogP contribution in [0.2, 0.25) is 0 Å². The van der Waals surface area contributed by atoms with E-state index in [9.17, 15) is 0 Å². The lowest BCUT2D eigenvalue weighted by atomic mass is 10.1. The quantitative estimate of drug-likeness (QED) is 0.879. The van der Waals surface area contributed by atoms with Crippen LogP contribution < -0.4 is 5.32 Å². The molecule has 2 aromatic rings. The fourth-order valence-electron chi connectivity index (χ4n) is 2.90. The zero-order valence-corrected chi connectivity index (χ0v) is 12.6. The summed E-state index contributed by atoms with van der Waals surface area (Å²) in [6, 6.07) is 19.4. The van der Waals surface area contributed by atoms with Crippen molar-refractivity contribution in [3.05, 3.63) is 65.7 Å². The van der Waals surface area contributed by atoms with Gasteiger partial charge in [0.2, 0.25) is 0 Å². The number of benzene rings is 2. The van der Waals surface area contributed by atoms with Crippen LogP contribution in [-0.4, -0.2) is 18.0 Å². The van der Waals surface area contributed by atoms with E-state index in [-0.39, 0.29) is 0 Å². The van der Waals surface area contributed by atoms with Crippen molar-refractivity contribution >= 4 is 5.69 Å². The highest BCUT2D eigenvalue weighted by molar-refractivity contribution is 5.45. The fraction of sp³-hybridized carbons (Fsp3) is 0.368. The molecule has 0 spiro atoms. The molecule has 1 aliphatic heterocycles. The number of hydrogen-bond donors (Lipinski definition) is 1. The van der Waals surface area contributed by atoms with E-state index in [4.69, 9.17) is 0 Å². The number of hydrogen-bond acceptors (Lipinski definition) is 2. The van der Waals surface area contributed by atoms with Crippen molar-refractivity contribution in [3.63, 3.8) is 0 Å². The van der Waals surface area contributed by atoms with Crippen LogP contribution in [0, 0.1) is 0 Å². The van der Waals surface area contributed by atoms with Crippen LogP contribution in [0.5, 0.6) is 0 Å². The molecule has 1 saturated heterocycles. The van der Waals surface area contributed by atoms with E-state index < -0.39 is 0 Å². The highest BCUT2D eigenvalue weighted by Crippen LogP contribution is 2.15. The lowest BCUT2D eigenvalue weighted by Gasteiger charge is -2.26. The molecule has 1 N–H and O–H groups in total. The Morgan fingerprint density at radius 1 is 0.762 bits per heavy atom. The average Bonchev–Trinajstić information content (AvgIpc) is 2.56. The van der Waals surface area contributed by atoms with Crippen molar-refractivity contribution in [2.24, 2.45) is 0 Å². The van der Waals surface area contributed by atoms with Crippen LogP contribution in [0.4, 0.5) is 5.69 Å². The first-order valence-electron chi connectivity index (χ1n) is 7.99. The number of anilines is 1. The van der Waals surface area contributed by atoms with Gasteiger partial charge in [0, 0.05) is 18.8 Å². The molecular formula is C19H24N2. The summed E-state index contributed by atoms with van der Waals surface area (Å²) < 4.78 is 0. The Morgan fingerprint density at radius 3 is 2.19 bits per heavy atom. The first kappa shape index (κ1) is 14.2. The minimum atomic E-state index is 0.881. The lowest BCUT2D eigenvalue weighted by molar-refractivity contribution is 0.221.